The zero-order valence-corrected chi connectivity index (χ0v) is 19.9. The maximum atomic E-state index is 13.5. The number of fused-ring (bicyclic) bond motifs is 1. The number of nitrogens with zero attached hydrogens (tertiary/aromatic N) is 3. The number of hydrogen-bond donors (Lipinski definition) is 1. The van der Waals surface area contributed by atoms with Crippen molar-refractivity contribution in [1.82, 2.24) is 14.8 Å². The van der Waals surface area contributed by atoms with E-state index in [1.807, 2.05) is 45.0 Å². The van der Waals surface area contributed by atoms with Gasteiger partial charge >= 0.3 is 0 Å². The molecule has 8 heteroatoms. The molecule has 2 amide bonds. The molecule has 1 aliphatic heterocycles. The molecule has 0 spiro atoms. The number of rotatable bonds is 7. The number of aliphatic hydroxyl groups excluding tert-OH is 1. The van der Waals surface area contributed by atoms with Crippen molar-refractivity contribution in [2.75, 3.05) is 33.9 Å². The van der Waals surface area contributed by atoms with Crippen LogP contribution < -0.4 is 9.47 Å². The van der Waals surface area contributed by atoms with Gasteiger partial charge in [-0.2, -0.15) is 0 Å². The van der Waals surface area contributed by atoms with Crippen LogP contribution in [0.5, 0.6) is 11.6 Å². The lowest BCUT2D eigenvalue weighted by atomic mass is 9.99. The van der Waals surface area contributed by atoms with Gasteiger partial charge in [-0.15, -0.1) is 0 Å². The Morgan fingerprint density at radius 1 is 1.36 bits per heavy atom. The highest BCUT2D eigenvalue weighted by atomic mass is 16.5. The summed E-state index contributed by atoms with van der Waals surface area (Å²) in [6.07, 6.45) is 1.72. The molecular formula is C25H33N3O5. The van der Waals surface area contributed by atoms with Crippen molar-refractivity contribution in [2.45, 2.75) is 39.3 Å². The van der Waals surface area contributed by atoms with Gasteiger partial charge in [0, 0.05) is 37.7 Å². The van der Waals surface area contributed by atoms with Crippen LogP contribution in [0.1, 0.15) is 37.6 Å². The molecule has 3 atom stereocenters. The van der Waals surface area contributed by atoms with E-state index in [4.69, 9.17) is 9.47 Å². The van der Waals surface area contributed by atoms with Crippen molar-refractivity contribution in [3.63, 3.8) is 0 Å². The second kappa shape index (κ2) is 10.7. The standard InChI is InChI=1S/C25H33N3O5/c1-6-23(30)27(4)14-22-16(2)13-28(17(3)15-29)25(31)21-11-19(12-26-24(21)33-22)18-8-7-9-20(10-18)32-5/h7-12,16-17,22,29H,6,13-15H2,1-5H3/t16-,17-,22-/m1/s1. The summed E-state index contributed by atoms with van der Waals surface area (Å²) in [5.41, 5.74) is 1.95. The van der Waals surface area contributed by atoms with Gasteiger partial charge in [0.2, 0.25) is 11.8 Å². The Morgan fingerprint density at radius 2 is 2.12 bits per heavy atom. The Bertz CT molecular complexity index is 996. The van der Waals surface area contributed by atoms with Gasteiger partial charge in [0.05, 0.1) is 26.3 Å². The summed E-state index contributed by atoms with van der Waals surface area (Å²) in [5.74, 6) is 0.631. The van der Waals surface area contributed by atoms with Crippen LogP contribution in [0.15, 0.2) is 36.5 Å². The van der Waals surface area contributed by atoms with E-state index in [9.17, 15) is 14.7 Å². The molecule has 2 aromatic rings. The van der Waals surface area contributed by atoms with Gasteiger partial charge in [0.15, 0.2) is 0 Å². The number of aliphatic hydroxyl groups is 1. The topological polar surface area (TPSA) is 92.2 Å². The average molecular weight is 456 g/mol. The van der Waals surface area contributed by atoms with Crippen LogP contribution >= 0.6 is 0 Å². The summed E-state index contributed by atoms with van der Waals surface area (Å²) in [6, 6.07) is 8.92. The number of amides is 2. The van der Waals surface area contributed by atoms with Gasteiger partial charge in [-0.3, -0.25) is 9.59 Å². The van der Waals surface area contributed by atoms with Crippen LogP contribution in [0.2, 0.25) is 0 Å². The molecule has 0 saturated heterocycles. The number of pyridine rings is 1. The third-order valence-corrected chi connectivity index (χ3v) is 6.11. The number of benzene rings is 1. The molecule has 1 aliphatic rings. The summed E-state index contributed by atoms with van der Waals surface area (Å²) in [5, 5.41) is 9.80. The Hall–Kier alpha value is -3.13. The van der Waals surface area contributed by atoms with Crippen molar-refractivity contribution in [3.8, 4) is 22.8 Å². The number of hydrogen-bond acceptors (Lipinski definition) is 6. The number of aromatic nitrogens is 1. The largest absolute Gasteiger partial charge is 0.497 e. The van der Waals surface area contributed by atoms with Gasteiger partial charge in [-0.1, -0.05) is 26.0 Å². The van der Waals surface area contributed by atoms with E-state index < -0.39 is 0 Å². The van der Waals surface area contributed by atoms with Crippen LogP contribution in [-0.4, -0.2) is 77.7 Å². The molecule has 1 aromatic carbocycles. The van der Waals surface area contributed by atoms with Crippen LogP contribution in [0.4, 0.5) is 0 Å². The Kier molecular flexibility index (Phi) is 7.92. The molecule has 2 heterocycles. The minimum atomic E-state index is -0.373. The second-order valence-electron chi connectivity index (χ2n) is 8.56. The lowest BCUT2D eigenvalue weighted by molar-refractivity contribution is -0.131. The maximum Gasteiger partial charge on any atom is 0.259 e. The van der Waals surface area contributed by atoms with Crippen LogP contribution in [0.25, 0.3) is 11.1 Å². The zero-order valence-electron chi connectivity index (χ0n) is 19.9. The second-order valence-corrected chi connectivity index (χ2v) is 8.56. The van der Waals surface area contributed by atoms with Gasteiger partial charge in [0.1, 0.15) is 17.4 Å². The summed E-state index contributed by atoms with van der Waals surface area (Å²) < 4.78 is 11.6. The van der Waals surface area contributed by atoms with Crippen molar-refractivity contribution in [3.05, 3.63) is 42.1 Å². The molecule has 8 nitrogen and oxygen atoms in total. The first-order valence-electron chi connectivity index (χ1n) is 11.3. The first-order chi connectivity index (χ1) is 15.8. The smallest absolute Gasteiger partial charge is 0.259 e. The third kappa shape index (κ3) is 5.45. The summed E-state index contributed by atoms with van der Waals surface area (Å²) in [4.78, 5) is 33.5. The predicted octanol–water partition coefficient (Wildman–Crippen LogP) is 2.85. The average Bonchev–Trinajstić information content (AvgIpc) is 2.84. The van der Waals surface area contributed by atoms with E-state index in [1.54, 1.807) is 36.2 Å². The quantitative estimate of drug-likeness (QED) is 0.690. The molecule has 3 rings (SSSR count). The van der Waals surface area contributed by atoms with Crippen molar-refractivity contribution in [1.29, 1.82) is 0 Å². The van der Waals surface area contributed by atoms with Crippen molar-refractivity contribution in [2.24, 2.45) is 5.92 Å². The van der Waals surface area contributed by atoms with E-state index in [-0.39, 0.29) is 42.4 Å². The van der Waals surface area contributed by atoms with E-state index in [2.05, 4.69) is 4.98 Å². The normalized spacial score (nSPS) is 19.1. The molecule has 0 fully saturated rings. The molecular weight excluding hydrogens is 422 g/mol. The van der Waals surface area contributed by atoms with Gasteiger partial charge in [-0.05, 0) is 30.7 Å². The highest BCUT2D eigenvalue weighted by Crippen LogP contribution is 2.31. The molecule has 0 radical (unpaired) electrons. The van der Waals surface area contributed by atoms with Gasteiger partial charge in [0.25, 0.3) is 5.91 Å². The van der Waals surface area contributed by atoms with Gasteiger partial charge < -0.3 is 24.4 Å². The Morgan fingerprint density at radius 3 is 2.79 bits per heavy atom. The molecule has 0 unspecified atom stereocenters. The Labute approximate surface area is 195 Å². The summed E-state index contributed by atoms with van der Waals surface area (Å²) in [6.45, 7) is 6.23. The van der Waals surface area contributed by atoms with E-state index in [0.29, 0.717) is 30.8 Å². The van der Waals surface area contributed by atoms with E-state index in [0.717, 1.165) is 11.1 Å². The summed E-state index contributed by atoms with van der Waals surface area (Å²) in [7, 11) is 3.35. The van der Waals surface area contributed by atoms with Crippen LogP contribution in [0.3, 0.4) is 0 Å². The number of ether oxygens (including phenoxy) is 2. The molecule has 0 saturated carbocycles. The van der Waals surface area contributed by atoms with E-state index >= 15 is 0 Å². The minimum Gasteiger partial charge on any atom is -0.497 e. The van der Waals surface area contributed by atoms with Crippen molar-refractivity contribution < 1.29 is 24.2 Å². The van der Waals surface area contributed by atoms with E-state index in [1.165, 1.54) is 0 Å². The third-order valence-electron chi connectivity index (χ3n) is 6.11. The fourth-order valence-electron chi connectivity index (χ4n) is 3.92. The first-order valence-corrected chi connectivity index (χ1v) is 11.3. The molecule has 0 bridgehead atoms. The number of carbonyl (C=O) groups is 2. The van der Waals surface area contributed by atoms with Gasteiger partial charge in [-0.25, -0.2) is 4.98 Å². The van der Waals surface area contributed by atoms with Crippen LogP contribution in [0, 0.1) is 5.92 Å². The molecule has 178 valence electrons. The lowest BCUT2D eigenvalue weighted by Crippen LogP contribution is -2.50. The zero-order chi connectivity index (χ0) is 24.1. The Balaban J connectivity index is 2.04. The van der Waals surface area contributed by atoms with Crippen LogP contribution in [-0.2, 0) is 4.79 Å². The van der Waals surface area contributed by atoms with Crippen molar-refractivity contribution >= 4 is 11.8 Å². The highest BCUT2D eigenvalue weighted by molar-refractivity contribution is 5.98. The first kappa shape index (κ1) is 24.5. The number of likely N-dealkylation sites (N-methyl/N-ethyl adjacent to an activating group) is 1. The monoisotopic (exact) mass is 455 g/mol. The summed E-state index contributed by atoms with van der Waals surface area (Å²) >= 11 is 0. The molecule has 0 aliphatic carbocycles. The fourth-order valence-corrected chi connectivity index (χ4v) is 3.92. The highest BCUT2D eigenvalue weighted by Gasteiger charge is 2.34. The number of carbonyl (C=O) groups excluding carboxylic acids is 2. The molecule has 1 N–H and O–H groups in total. The number of methoxy groups -OCH3 is 1. The maximum absolute atomic E-state index is 13.5. The molecule has 1 aromatic heterocycles. The minimum absolute atomic E-state index is 0.0195. The fraction of sp³-hybridized carbons (Fsp3) is 0.480. The predicted molar refractivity (Wildman–Crippen MR) is 125 cm³/mol. The SMILES string of the molecule is CCC(=O)N(C)C[C@H]1Oc2ncc(-c3cccc(OC)c3)cc2C(=O)N([C@H](C)CO)C[C@H]1C. The lowest BCUT2D eigenvalue weighted by Gasteiger charge is -2.37. The molecule has 33 heavy (non-hydrogen) atoms.